The van der Waals surface area contributed by atoms with E-state index in [1.807, 2.05) is 36.5 Å². The molecule has 1 aromatic rings. The molecule has 0 aliphatic carbocycles. The summed E-state index contributed by atoms with van der Waals surface area (Å²) in [5, 5.41) is 3.88. The molecule has 1 N–H and O–H groups in total. The molecule has 1 aromatic carbocycles. The van der Waals surface area contributed by atoms with Crippen molar-refractivity contribution >= 4 is 28.9 Å². The van der Waals surface area contributed by atoms with Gasteiger partial charge in [-0.3, -0.25) is 20.0 Å². The topological polar surface area (TPSA) is 44.7 Å². The number of hydrogen-bond donors (Lipinski definition) is 1. The first-order chi connectivity index (χ1) is 10.1. The Labute approximate surface area is 128 Å². The van der Waals surface area contributed by atoms with Crippen molar-refractivity contribution in [1.82, 2.24) is 10.2 Å². The number of aliphatic imine (C=N–C) groups is 1. The van der Waals surface area contributed by atoms with Crippen molar-refractivity contribution in [2.24, 2.45) is 10.9 Å². The molecule has 21 heavy (non-hydrogen) atoms. The number of nitrogens with zero attached hydrogens (tertiary/aromatic N) is 2. The van der Waals surface area contributed by atoms with Gasteiger partial charge < -0.3 is 0 Å². The number of carbonyl (C=O) groups excluding carboxylic acids is 1. The molecule has 108 valence electrons. The highest BCUT2D eigenvalue weighted by Gasteiger charge is 2.23. The second-order valence-electron chi connectivity index (χ2n) is 5.05. The van der Waals surface area contributed by atoms with E-state index >= 15 is 0 Å². The number of benzene rings is 1. The highest BCUT2D eigenvalue weighted by molar-refractivity contribution is 6.30. The summed E-state index contributed by atoms with van der Waals surface area (Å²) in [6, 6.07) is 7.51. The zero-order chi connectivity index (χ0) is 14.8. The standard InChI is InChI=1S/C16H16ClN3O/c1-11(21)20-7-6-13(15-9-18-10-19-15)8-16(20)12-2-4-14(17)5-3-12/h2-8,13,18H,9-10H2,1H3. The second-order valence-corrected chi connectivity index (χ2v) is 5.49. The molecule has 1 unspecified atom stereocenters. The summed E-state index contributed by atoms with van der Waals surface area (Å²) in [6.07, 6.45) is 5.92. The first kappa shape index (κ1) is 14.0. The number of halogens is 1. The molecule has 2 aliphatic heterocycles. The highest BCUT2D eigenvalue weighted by atomic mass is 35.5. The molecule has 0 saturated heterocycles. The van der Waals surface area contributed by atoms with Crippen LogP contribution in [0.4, 0.5) is 0 Å². The molecule has 1 amide bonds. The molecule has 0 aromatic heterocycles. The van der Waals surface area contributed by atoms with Crippen LogP contribution < -0.4 is 5.32 Å². The maximum atomic E-state index is 11.8. The zero-order valence-corrected chi connectivity index (χ0v) is 12.5. The van der Waals surface area contributed by atoms with Crippen molar-refractivity contribution in [2.45, 2.75) is 6.92 Å². The van der Waals surface area contributed by atoms with Crippen molar-refractivity contribution in [3.8, 4) is 0 Å². The fraction of sp³-hybridized carbons (Fsp3) is 0.250. The summed E-state index contributed by atoms with van der Waals surface area (Å²) in [5.74, 6) is 0.110. The molecular formula is C16H16ClN3O. The van der Waals surface area contributed by atoms with Crippen molar-refractivity contribution in [3.05, 3.63) is 53.2 Å². The fourth-order valence-corrected chi connectivity index (χ4v) is 2.65. The average Bonchev–Trinajstić information content (AvgIpc) is 3.01. The van der Waals surface area contributed by atoms with Crippen molar-refractivity contribution < 1.29 is 4.79 Å². The van der Waals surface area contributed by atoms with E-state index < -0.39 is 0 Å². The first-order valence-corrected chi connectivity index (χ1v) is 7.23. The third-order valence-corrected chi connectivity index (χ3v) is 3.86. The zero-order valence-electron chi connectivity index (χ0n) is 11.7. The lowest BCUT2D eigenvalue weighted by atomic mass is 9.96. The van der Waals surface area contributed by atoms with E-state index in [2.05, 4.69) is 16.4 Å². The minimum Gasteiger partial charge on any atom is -0.293 e. The van der Waals surface area contributed by atoms with Crippen LogP contribution in [0.1, 0.15) is 12.5 Å². The van der Waals surface area contributed by atoms with Crippen LogP contribution in [0.3, 0.4) is 0 Å². The molecule has 0 spiro atoms. The molecule has 3 rings (SSSR count). The Kier molecular flexibility index (Phi) is 3.90. The number of amides is 1. The summed E-state index contributed by atoms with van der Waals surface area (Å²) < 4.78 is 0. The predicted octanol–water partition coefficient (Wildman–Crippen LogP) is 2.67. The van der Waals surface area contributed by atoms with Gasteiger partial charge in [-0.05, 0) is 23.8 Å². The van der Waals surface area contributed by atoms with Crippen LogP contribution in [0.2, 0.25) is 5.02 Å². The van der Waals surface area contributed by atoms with Gasteiger partial charge in [0.25, 0.3) is 0 Å². The maximum absolute atomic E-state index is 11.8. The van der Waals surface area contributed by atoms with Crippen LogP contribution in [-0.2, 0) is 4.79 Å². The Hall–Kier alpha value is -1.91. The van der Waals surface area contributed by atoms with Gasteiger partial charge >= 0.3 is 0 Å². The van der Waals surface area contributed by atoms with E-state index in [0.29, 0.717) is 11.7 Å². The van der Waals surface area contributed by atoms with Crippen LogP contribution in [0.25, 0.3) is 5.70 Å². The van der Waals surface area contributed by atoms with Crippen LogP contribution >= 0.6 is 11.6 Å². The smallest absolute Gasteiger partial charge is 0.227 e. The van der Waals surface area contributed by atoms with Gasteiger partial charge in [-0.15, -0.1) is 0 Å². The van der Waals surface area contributed by atoms with Gasteiger partial charge in [-0.1, -0.05) is 29.8 Å². The molecule has 2 aliphatic rings. The molecule has 0 saturated carbocycles. The van der Waals surface area contributed by atoms with Gasteiger partial charge in [-0.25, -0.2) is 0 Å². The van der Waals surface area contributed by atoms with Gasteiger partial charge in [0.1, 0.15) is 0 Å². The highest BCUT2D eigenvalue weighted by Crippen LogP contribution is 2.28. The van der Waals surface area contributed by atoms with E-state index in [0.717, 1.165) is 23.5 Å². The van der Waals surface area contributed by atoms with Gasteiger partial charge in [0.05, 0.1) is 12.4 Å². The SMILES string of the molecule is CC(=O)N1C=CC(C2=NCNC2)C=C1c1ccc(Cl)cc1. The number of hydrogen-bond acceptors (Lipinski definition) is 3. The lowest BCUT2D eigenvalue weighted by molar-refractivity contribution is -0.123. The second kappa shape index (κ2) is 5.84. The first-order valence-electron chi connectivity index (χ1n) is 6.85. The predicted molar refractivity (Wildman–Crippen MR) is 84.9 cm³/mol. The Balaban J connectivity index is 1.98. The van der Waals surface area contributed by atoms with E-state index in [1.165, 1.54) is 0 Å². The summed E-state index contributed by atoms with van der Waals surface area (Å²) in [6.45, 7) is 3.02. The normalized spacial score (nSPS) is 21.2. The lowest BCUT2D eigenvalue weighted by Crippen LogP contribution is -2.28. The average molecular weight is 302 g/mol. The van der Waals surface area contributed by atoms with Crippen LogP contribution in [-0.4, -0.2) is 29.7 Å². The minimum absolute atomic E-state index is 0.0163. The Morgan fingerprint density at radius 2 is 2.14 bits per heavy atom. The molecule has 5 heteroatoms. The summed E-state index contributed by atoms with van der Waals surface area (Å²) in [5.41, 5.74) is 2.94. The van der Waals surface area contributed by atoms with Crippen molar-refractivity contribution in [3.63, 3.8) is 0 Å². The molecular weight excluding hydrogens is 286 g/mol. The minimum atomic E-state index is -0.0163. The third-order valence-electron chi connectivity index (χ3n) is 3.60. The van der Waals surface area contributed by atoms with Crippen molar-refractivity contribution in [2.75, 3.05) is 13.2 Å². The summed E-state index contributed by atoms with van der Waals surface area (Å²) >= 11 is 5.94. The van der Waals surface area contributed by atoms with Crippen LogP contribution in [0.5, 0.6) is 0 Å². The molecule has 0 radical (unpaired) electrons. The number of nitrogens with one attached hydrogen (secondary N) is 1. The van der Waals surface area contributed by atoms with Crippen LogP contribution in [0.15, 0.2) is 47.6 Å². The van der Waals surface area contributed by atoms with Crippen LogP contribution in [0, 0.1) is 5.92 Å². The quantitative estimate of drug-likeness (QED) is 0.913. The third kappa shape index (κ3) is 2.91. The monoisotopic (exact) mass is 301 g/mol. The maximum Gasteiger partial charge on any atom is 0.227 e. The van der Waals surface area contributed by atoms with Gasteiger partial charge in [-0.2, -0.15) is 0 Å². The van der Waals surface area contributed by atoms with Gasteiger partial charge in [0.2, 0.25) is 5.91 Å². The molecule has 0 bridgehead atoms. The number of rotatable bonds is 2. The van der Waals surface area contributed by atoms with Crippen molar-refractivity contribution in [1.29, 1.82) is 0 Å². The number of carbonyl (C=O) groups is 1. The van der Waals surface area contributed by atoms with E-state index in [4.69, 9.17) is 11.6 Å². The molecule has 1 atom stereocenters. The molecule has 2 heterocycles. The van der Waals surface area contributed by atoms with E-state index in [1.54, 1.807) is 11.8 Å². The largest absolute Gasteiger partial charge is 0.293 e. The summed E-state index contributed by atoms with van der Waals surface area (Å²) in [7, 11) is 0. The Morgan fingerprint density at radius 1 is 1.38 bits per heavy atom. The molecule has 0 fully saturated rings. The van der Waals surface area contributed by atoms with Gasteiger partial charge in [0.15, 0.2) is 0 Å². The van der Waals surface area contributed by atoms with E-state index in [9.17, 15) is 4.79 Å². The Bertz CT molecular complexity index is 646. The lowest BCUT2D eigenvalue weighted by Gasteiger charge is -2.26. The van der Waals surface area contributed by atoms with E-state index in [-0.39, 0.29) is 11.8 Å². The fourth-order valence-electron chi connectivity index (χ4n) is 2.52. The Morgan fingerprint density at radius 3 is 2.76 bits per heavy atom. The van der Waals surface area contributed by atoms with Gasteiger partial charge in [0, 0.05) is 36.3 Å². The number of allylic oxidation sites excluding steroid dienone is 2. The summed E-state index contributed by atoms with van der Waals surface area (Å²) in [4.78, 5) is 18.0. The molecule has 4 nitrogen and oxygen atoms in total.